The summed E-state index contributed by atoms with van der Waals surface area (Å²) in [6, 6.07) is 12.7. The lowest BCUT2D eigenvalue weighted by Gasteiger charge is -2.25. The number of ether oxygens (including phenoxy) is 3. The van der Waals surface area contributed by atoms with Gasteiger partial charge in [0.25, 0.3) is 0 Å². The molecule has 0 N–H and O–H groups in total. The summed E-state index contributed by atoms with van der Waals surface area (Å²) in [5, 5.41) is 0. The lowest BCUT2D eigenvalue weighted by molar-refractivity contribution is 0.377. The van der Waals surface area contributed by atoms with Crippen molar-refractivity contribution in [3.8, 4) is 17.2 Å². The van der Waals surface area contributed by atoms with Crippen LogP contribution in [-0.2, 0) is 10.0 Å². The van der Waals surface area contributed by atoms with Gasteiger partial charge >= 0.3 is 0 Å². The Morgan fingerprint density at radius 2 is 1.57 bits per heavy atom. The van der Waals surface area contributed by atoms with Gasteiger partial charge in [0.15, 0.2) is 0 Å². The van der Waals surface area contributed by atoms with E-state index in [0.717, 1.165) is 30.6 Å². The van der Waals surface area contributed by atoms with Gasteiger partial charge in [0, 0.05) is 19.2 Å². The van der Waals surface area contributed by atoms with Crippen LogP contribution in [-0.4, -0.2) is 47.1 Å². The molecule has 0 radical (unpaired) electrons. The molecular formula is C21H27NO5S. The number of nitrogens with zero attached hydrogens (tertiary/aromatic N) is 1. The molecule has 28 heavy (non-hydrogen) atoms. The Balaban J connectivity index is 1.90. The van der Waals surface area contributed by atoms with E-state index in [2.05, 4.69) is 0 Å². The van der Waals surface area contributed by atoms with Crippen molar-refractivity contribution in [1.82, 2.24) is 4.31 Å². The maximum atomic E-state index is 13.4. The van der Waals surface area contributed by atoms with E-state index in [9.17, 15) is 8.42 Å². The first-order valence-corrected chi connectivity index (χ1v) is 10.8. The molecule has 1 aliphatic rings. The molecule has 0 amide bonds. The molecule has 1 unspecified atom stereocenters. The molecule has 1 atom stereocenters. The summed E-state index contributed by atoms with van der Waals surface area (Å²) < 4.78 is 44.1. The summed E-state index contributed by atoms with van der Waals surface area (Å²) in [5.74, 6) is 1.80. The second-order valence-electron chi connectivity index (χ2n) is 6.85. The Morgan fingerprint density at radius 1 is 0.893 bits per heavy atom. The summed E-state index contributed by atoms with van der Waals surface area (Å²) in [6.45, 7) is 0.952. The zero-order valence-electron chi connectivity index (χ0n) is 16.6. The maximum Gasteiger partial charge on any atom is 0.246 e. The highest BCUT2D eigenvalue weighted by Crippen LogP contribution is 2.34. The van der Waals surface area contributed by atoms with Gasteiger partial charge in [-0.2, -0.15) is 4.31 Å². The van der Waals surface area contributed by atoms with Gasteiger partial charge in [-0.15, -0.1) is 0 Å². The fraction of sp³-hybridized carbons (Fsp3) is 0.429. The third-order valence-corrected chi connectivity index (χ3v) is 7.11. The van der Waals surface area contributed by atoms with Crippen LogP contribution >= 0.6 is 0 Å². The molecule has 0 spiro atoms. The van der Waals surface area contributed by atoms with Crippen molar-refractivity contribution >= 4 is 10.0 Å². The van der Waals surface area contributed by atoms with Crippen molar-refractivity contribution in [3.05, 3.63) is 48.0 Å². The zero-order valence-corrected chi connectivity index (χ0v) is 17.4. The third-order valence-electron chi connectivity index (χ3n) is 5.21. The normalized spacial score (nSPS) is 18.3. The Morgan fingerprint density at radius 3 is 2.21 bits per heavy atom. The molecule has 1 heterocycles. The van der Waals surface area contributed by atoms with E-state index in [1.807, 2.05) is 24.3 Å². The highest BCUT2D eigenvalue weighted by atomic mass is 32.2. The van der Waals surface area contributed by atoms with Crippen molar-refractivity contribution < 1.29 is 22.6 Å². The summed E-state index contributed by atoms with van der Waals surface area (Å²) in [7, 11) is 0.965. The van der Waals surface area contributed by atoms with Crippen LogP contribution in [0.1, 0.15) is 30.7 Å². The van der Waals surface area contributed by atoms with Crippen molar-refractivity contribution in [2.24, 2.45) is 0 Å². The van der Waals surface area contributed by atoms with Crippen LogP contribution in [0.4, 0.5) is 0 Å². The van der Waals surface area contributed by atoms with E-state index in [1.165, 1.54) is 14.2 Å². The van der Waals surface area contributed by atoms with E-state index in [-0.39, 0.29) is 10.8 Å². The summed E-state index contributed by atoms with van der Waals surface area (Å²) in [6.07, 6.45) is 2.78. The van der Waals surface area contributed by atoms with Crippen LogP contribution in [0.15, 0.2) is 47.4 Å². The van der Waals surface area contributed by atoms with Gasteiger partial charge in [-0.1, -0.05) is 18.6 Å². The number of sulfonamides is 1. The van der Waals surface area contributed by atoms with Gasteiger partial charge in [-0.25, -0.2) is 8.42 Å². The fourth-order valence-corrected chi connectivity index (χ4v) is 5.26. The predicted octanol–water partition coefficient (Wildman–Crippen LogP) is 3.67. The molecular weight excluding hydrogens is 378 g/mol. The number of hydrogen-bond donors (Lipinski definition) is 0. The van der Waals surface area contributed by atoms with E-state index in [4.69, 9.17) is 14.2 Å². The van der Waals surface area contributed by atoms with Gasteiger partial charge in [-0.3, -0.25) is 0 Å². The van der Waals surface area contributed by atoms with Gasteiger partial charge in [-0.05, 0) is 48.6 Å². The van der Waals surface area contributed by atoms with Crippen LogP contribution in [0, 0.1) is 0 Å². The minimum atomic E-state index is -3.68. The first-order chi connectivity index (χ1) is 13.5. The number of hydrogen-bond acceptors (Lipinski definition) is 5. The Hall–Kier alpha value is -2.25. The van der Waals surface area contributed by atoms with Crippen LogP contribution in [0.25, 0.3) is 0 Å². The van der Waals surface area contributed by atoms with Crippen LogP contribution in [0.3, 0.4) is 0 Å². The summed E-state index contributed by atoms with van der Waals surface area (Å²) >= 11 is 0. The molecule has 1 saturated heterocycles. The molecule has 0 aromatic heterocycles. The second kappa shape index (κ2) is 8.84. The highest BCUT2D eigenvalue weighted by molar-refractivity contribution is 7.89. The van der Waals surface area contributed by atoms with Gasteiger partial charge in [0.2, 0.25) is 10.0 Å². The molecule has 1 aliphatic heterocycles. The first kappa shape index (κ1) is 20.5. The summed E-state index contributed by atoms with van der Waals surface area (Å²) in [5.41, 5.74) is 1.13. The topological polar surface area (TPSA) is 65.1 Å². The van der Waals surface area contributed by atoms with E-state index >= 15 is 0 Å². The molecule has 6 nitrogen and oxygen atoms in total. The monoisotopic (exact) mass is 405 g/mol. The predicted molar refractivity (Wildman–Crippen MR) is 108 cm³/mol. The number of benzene rings is 2. The Kier molecular flexibility index (Phi) is 6.46. The van der Waals surface area contributed by atoms with Crippen molar-refractivity contribution in [3.63, 3.8) is 0 Å². The molecule has 7 heteroatoms. The molecule has 152 valence electrons. The Labute approximate surface area is 167 Å². The van der Waals surface area contributed by atoms with Gasteiger partial charge in [0.05, 0.1) is 21.3 Å². The lowest BCUT2D eigenvalue weighted by Crippen LogP contribution is -2.34. The molecule has 1 fully saturated rings. The average molecular weight is 406 g/mol. The lowest BCUT2D eigenvalue weighted by atomic mass is 9.94. The standard InChI is InChI=1S/C21H27NO5S/c1-25-18-9-7-16(8-10-18)17-6-4-5-13-22(15-17)28(23,24)21-12-11-19(26-2)14-20(21)27-3/h7-12,14,17H,4-6,13,15H2,1-3H3. The summed E-state index contributed by atoms with van der Waals surface area (Å²) in [4.78, 5) is 0.172. The minimum absolute atomic E-state index is 0.146. The highest BCUT2D eigenvalue weighted by Gasteiger charge is 2.31. The van der Waals surface area contributed by atoms with Crippen LogP contribution in [0.5, 0.6) is 17.2 Å². The Bertz CT molecular complexity index is 896. The van der Waals surface area contributed by atoms with Gasteiger partial charge < -0.3 is 14.2 Å². The van der Waals surface area contributed by atoms with Crippen molar-refractivity contribution in [2.75, 3.05) is 34.4 Å². The van der Waals surface area contributed by atoms with Crippen molar-refractivity contribution in [2.45, 2.75) is 30.1 Å². The molecule has 3 rings (SSSR count). The quantitative estimate of drug-likeness (QED) is 0.734. The molecule has 0 saturated carbocycles. The maximum absolute atomic E-state index is 13.4. The van der Waals surface area contributed by atoms with E-state index in [1.54, 1.807) is 29.6 Å². The minimum Gasteiger partial charge on any atom is -0.497 e. The largest absolute Gasteiger partial charge is 0.497 e. The van der Waals surface area contributed by atoms with Gasteiger partial charge in [0.1, 0.15) is 22.1 Å². The third kappa shape index (κ3) is 4.25. The van der Waals surface area contributed by atoms with E-state index < -0.39 is 10.0 Å². The van der Waals surface area contributed by atoms with E-state index in [0.29, 0.717) is 24.6 Å². The number of methoxy groups -OCH3 is 3. The second-order valence-corrected chi connectivity index (χ2v) is 8.75. The first-order valence-electron chi connectivity index (χ1n) is 9.35. The van der Waals surface area contributed by atoms with Crippen LogP contribution in [0.2, 0.25) is 0 Å². The molecule has 2 aromatic rings. The number of rotatable bonds is 6. The molecule has 0 bridgehead atoms. The SMILES string of the molecule is COc1ccc(C2CCCCN(S(=O)(=O)c3ccc(OC)cc3OC)C2)cc1. The fourth-order valence-electron chi connectivity index (χ4n) is 3.60. The smallest absolute Gasteiger partial charge is 0.246 e. The van der Waals surface area contributed by atoms with Crippen molar-refractivity contribution in [1.29, 1.82) is 0 Å². The molecule has 0 aliphatic carbocycles. The zero-order chi connectivity index (χ0) is 20.1. The van der Waals surface area contributed by atoms with Crippen LogP contribution < -0.4 is 14.2 Å². The molecule has 2 aromatic carbocycles. The average Bonchev–Trinajstić information content (AvgIpc) is 3.00.